The van der Waals surface area contributed by atoms with E-state index in [4.69, 9.17) is 9.47 Å². The van der Waals surface area contributed by atoms with E-state index >= 15 is 0 Å². The number of nitrogens with zero attached hydrogens (tertiary/aromatic N) is 1. The zero-order chi connectivity index (χ0) is 12.3. The minimum absolute atomic E-state index is 0.0702. The van der Waals surface area contributed by atoms with Crippen LogP contribution in [0.25, 0.3) is 0 Å². The minimum Gasteiger partial charge on any atom is -0.493 e. The summed E-state index contributed by atoms with van der Waals surface area (Å²) in [7, 11) is 1.68. The molecule has 1 heterocycles. The maximum absolute atomic E-state index is 9.57. The first-order valence-electron chi connectivity index (χ1n) is 5.88. The number of rotatable bonds is 3. The third-order valence-corrected chi connectivity index (χ3v) is 3.44. The Labute approximate surface area is 102 Å². The van der Waals surface area contributed by atoms with Crippen molar-refractivity contribution in [1.29, 1.82) is 5.26 Å². The summed E-state index contributed by atoms with van der Waals surface area (Å²) in [6.07, 6.45) is 1.51. The van der Waals surface area contributed by atoms with Gasteiger partial charge in [0, 0.05) is 19.1 Å². The Bertz CT molecular complexity index is 438. The number of ether oxygens (including phenoxy) is 2. The molecule has 1 aromatic carbocycles. The van der Waals surface area contributed by atoms with Gasteiger partial charge in [0.2, 0.25) is 0 Å². The molecule has 1 aliphatic heterocycles. The molecule has 3 heteroatoms. The highest BCUT2D eigenvalue weighted by Gasteiger charge is 2.39. The maximum Gasteiger partial charge on any atom is 0.124 e. The van der Waals surface area contributed by atoms with Gasteiger partial charge in [0.15, 0.2) is 0 Å². The van der Waals surface area contributed by atoms with E-state index in [1.165, 1.54) is 0 Å². The Morgan fingerprint density at radius 1 is 1.53 bits per heavy atom. The van der Waals surface area contributed by atoms with Crippen LogP contribution in [-0.2, 0) is 10.2 Å². The fraction of sp³-hybridized carbons (Fsp3) is 0.500. The molecule has 17 heavy (non-hydrogen) atoms. The van der Waals surface area contributed by atoms with Crippen molar-refractivity contribution in [2.24, 2.45) is 0 Å². The van der Waals surface area contributed by atoms with Crippen molar-refractivity contribution in [2.45, 2.75) is 31.3 Å². The Morgan fingerprint density at radius 2 is 2.29 bits per heavy atom. The first-order chi connectivity index (χ1) is 8.22. The van der Waals surface area contributed by atoms with Crippen LogP contribution in [0.4, 0.5) is 0 Å². The van der Waals surface area contributed by atoms with Crippen molar-refractivity contribution in [3.8, 4) is 11.8 Å². The van der Waals surface area contributed by atoms with E-state index < -0.39 is 5.41 Å². The minimum atomic E-state index is -0.468. The van der Waals surface area contributed by atoms with E-state index in [0.29, 0.717) is 13.0 Å². The third kappa shape index (κ3) is 2.13. The van der Waals surface area contributed by atoms with Crippen molar-refractivity contribution in [3.05, 3.63) is 29.8 Å². The van der Waals surface area contributed by atoms with Gasteiger partial charge in [0.1, 0.15) is 5.75 Å². The first-order valence-corrected chi connectivity index (χ1v) is 5.88. The molecule has 3 nitrogen and oxygen atoms in total. The normalized spacial score (nSPS) is 24.3. The Morgan fingerprint density at radius 3 is 3.00 bits per heavy atom. The lowest BCUT2D eigenvalue weighted by molar-refractivity contribution is 0.0864. The van der Waals surface area contributed by atoms with E-state index in [2.05, 4.69) is 6.07 Å². The molecule has 0 saturated carbocycles. The summed E-state index contributed by atoms with van der Waals surface area (Å²) in [5.41, 5.74) is 0.530. The summed E-state index contributed by atoms with van der Waals surface area (Å²) >= 11 is 0. The van der Waals surface area contributed by atoms with E-state index in [0.717, 1.165) is 17.7 Å². The molecule has 0 bridgehead atoms. The van der Waals surface area contributed by atoms with Gasteiger partial charge in [-0.25, -0.2) is 0 Å². The molecule has 0 aliphatic carbocycles. The molecule has 1 aromatic rings. The van der Waals surface area contributed by atoms with Gasteiger partial charge in [-0.05, 0) is 19.4 Å². The Balaban J connectivity index is 2.40. The second kappa shape index (κ2) is 4.77. The zero-order valence-corrected chi connectivity index (χ0v) is 10.3. The largest absolute Gasteiger partial charge is 0.493 e. The van der Waals surface area contributed by atoms with Crippen molar-refractivity contribution < 1.29 is 9.47 Å². The lowest BCUT2D eigenvalue weighted by Crippen LogP contribution is -2.35. The van der Waals surface area contributed by atoms with Gasteiger partial charge in [-0.2, -0.15) is 5.26 Å². The van der Waals surface area contributed by atoms with E-state index in [9.17, 15) is 5.26 Å². The fourth-order valence-electron chi connectivity index (χ4n) is 2.41. The van der Waals surface area contributed by atoms with Gasteiger partial charge < -0.3 is 9.47 Å². The van der Waals surface area contributed by atoms with Crippen LogP contribution in [0.5, 0.6) is 5.75 Å². The molecular formula is C14H17NO2. The van der Waals surface area contributed by atoms with Gasteiger partial charge in [-0.1, -0.05) is 18.2 Å². The van der Waals surface area contributed by atoms with Crippen LogP contribution in [0, 0.1) is 11.3 Å². The van der Waals surface area contributed by atoms with E-state index in [1.807, 2.05) is 31.2 Å². The summed E-state index contributed by atoms with van der Waals surface area (Å²) in [5.74, 6) is 0.837. The van der Waals surface area contributed by atoms with Crippen LogP contribution >= 0.6 is 0 Å². The molecule has 0 aromatic heterocycles. The highest BCUT2D eigenvalue weighted by atomic mass is 16.5. The number of hydrogen-bond donors (Lipinski definition) is 0. The van der Waals surface area contributed by atoms with Crippen molar-refractivity contribution >= 4 is 0 Å². The number of fused-ring (bicyclic) bond motifs is 1. The van der Waals surface area contributed by atoms with Crippen molar-refractivity contribution in [3.63, 3.8) is 0 Å². The lowest BCUT2D eigenvalue weighted by atomic mass is 9.73. The van der Waals surface area contributed by atoms with Crippen LogP contribution in [0.2, 0.25) is 0 Å². The summed E-state index contributed by atoms with van der Waals surface area (Å²) in [4.78, 5) is 0. The molecular weight excluding hydrogens is 214 g/mol. The topological polar surface area (TPSA) is 42.2 Å². The third-order valence-electron chi connectivity index (χ3n) is 3.44. The zero-order valence-electron chi connectivity index (χ0n) is 10.3. The van der Waals surface area contributed by atoms with Crippen LogP contribution in [0.1, 0.15) is 25.3 Å². The number of hydrogen-bond acceptors (Lipinski definition) is 3. The average Bonchev–Trinajstić information content (AvgIpc) is 2.39. The summed E-state index contributed by atoms with van der Waals surface area (Å²) < 4.78 is 10.9. The molecule has 1 aliphatic rings. The smallest absolute Gasteiger partial charge is 0.124 e. The number of para-hydroxylation sites is 1. The highest BCUT2D eigenvalue weighted by molar-refractivity contribution is 5.45. The molecule has 0 spiro atoms. The van der Waals surface area contributed by atoms with Crippen LogP contribution in [-0.4, -0.2) is 19.8 Å². The Hall–Kier alpha value is -1.53. The summed E-state index contributed by atoms with van der Waals surface area (Å²) in [6.45, 7) is 2.60. The van der Waals surface area contributed by atoms with Gasteiger partial charge in [0.25, 0.3) is 0 Å². The molecule has 0 N–H and O–H groups in total. The van der Waals surface area contributed by atoms with Gasteiger partial charge in [0.05, 0.1) is 24.2 Å². The monoisotopic (exact) mass is 231 g/mol. The molecule has 0 radical (unpaired) electrons. The molecule has 0 fully saturated rings. The van der Waals surface area contributed by atoms with Crippen LogP contribution in [0.15, 0.2) is 24.3 Å². The van der Waals surface area contributed by atoms with Gasteiger partial charge in [-0.3, -0.25) is 0 Å². The van der Waals surface area contributed by atoms with Crippen molar-refractivity contribution in [1.82, 2.24) is 0 Å². The lowest BCUT2D eigenvalue weighted by Gasteiger charge is -2.34. The Kier molecular flexibility index (Phi) is 3.35. The highest BCUT2D eigenvalue weighted by Crippen LogP contribution is 2.41. The van der Waals surface area contributed by atoms with Gasteiger partial charge >= 0.3 is 0 Å². The number of nitriles is 1. The van der Waals surface area contributed by atoms with Gasteiger partial charge in [-0.15, -0.1) is 0 Å². The van der Waals surface area contributed by atoms with Crippen LogP contribution < -0.4 is 4.74 Å². The first kappa shape index (κ1) is 11.9. The van der Waals surface area contributed by atoms with Crippen molar-refractivity contribution in [2.75, 3.05) is 13.7 Å². The molecule has 0 saturated heterocycles. The van der Waals surface area contributed by atoms with E-state index in [1.54, 1.807) is 7.11 Å². The second-order valence-electron chi connectivity index (χ2n) is 4.54. The summed E-state index contributed by atoms with van der Waals surface area (Å²) in [5, 5.41) is 9.57. The molecule has 2 unspecified atom stereocenters. The predicted octanol–water partition coefficient (Wildman–Crippen LogP) is 2.66. The van der Waals surface area contributed by atoms with Crippen LogP contribution in [0.3, 0.4) is 0 Å². The van der Waals surface area contributed by atoms with E-state index in [-0.39, 0.29) is 6.10 Å². The molecule has 0 amide bonds. The predicted molar refractivity (Wildman–Crippen MR) is 64.9 cm³/mol. The number of benzene rings is 1. The SMILES string of the molecule is COC(C)CC1(C#N)CCOc2ccccc21. The second-order valence-corrected chi connectivity index (χ2v) is 4.54. The molecule has 2 atom stereocenters. The summed E-state index contributed by atoms with van der Waals surface area (Å²) in [6, 6.07) is 10.3. The molecule has 90 valence electrons. The molecule has 2 rings (SSSR count). The number of methoxy groups -OCH3 is 1. The quantitative estimate of drug-likeness (QED) is 0.803. The fourth-order valence-corrected chi connectivity index (χ4v) is 2.41. The maximum atomic E-state index is 9.57. The average molecular weight is 231 g/mol. The standard InChI is InChI=1S/C14H17NO2/c1-11(16-2)9-14(10-15)7-8-17-13-6-4-3-5-12(13)14/h3-6,11H,7-9H2,1-2H3.